The Bertz CT molecular complexity index is 149. The quantitative estimate of drug-likeness (QED) is 0.477. The molecule has 0 atom stereocenters. The topological polar surface area (TPSA) is 6.48 Å². The van der Waals surface area contributed by atoms with Crippen molar-refractivity contribution in [1.29, 1.82) is 0 Å². The molecule has 9 heavy (non-hydrogen) atoms. The molecule has 0 N–H and O–H groups in total. The molecule has 0 fully saturated rings. The molecule has 0 aliphatic carbocycles. The van der Waals surface area contributed by atoms with Gasteiger partial charge >= 0.3 is 0 Å². The molecule has 0 spiro atoms. The molecule has 2 radical (unpaired) electrons. The van der Waals surface area contributed by atoms with Crippen LogP contribution in [0.2, 0.25) is 0 Å². The average molecular weight is 124 g/mol. The van der Waals surface area contributed by atoms with E-state index >= 15 is 0 Å². The fourth-order valence-electron chi connectivity index (χ4n) is 0.866. The second-order valence-electron chi connectivity index (χ2n) is 2.37. The second-order valence-corrected chi connectivity index (χ2v) is 2.37. The van der Waals surface area contributed by atoms with E-state index < -0.39 is 0 Å². The lowest BCUT2D eigenvalue weighted by Crippen LogP contribution is -2.27. The van der Waals surface area contributed by atoms with Crippen molar-refractivity contribution in [2.24, 2.45) is 0 Å². The lowest BCUT2D eigenvalue weighted by Gasteiger charge is -2.21. The van der Waals surface area contributed by atoms with Crippen LogP contribution in [-0.2, 0) is 0 Å². The SMILES string of the molecule is CC1=C(C)N(C)N(C)[C]1. The van der Waals surface area contributed by atoms with Crippen molar-refractivity contribution < 1.29 is 0 Å². The van der Waals surface area contributed by atoms with Crippen molar-refractivity contribution >= 4 is 0 Å². The Labute approximate surface area is 56.7 Å². The Kier molecular flexibility index (Phi) is 1.49. The third-order valence-corrected chi connectivity index (χ3v) is 1.81. The molecular formula is C7H12N2. The third-order valence-electron chi connectivity index (χ3n) is 1.81. The summed E-state index contributed by atoms with van der Waals surface area (Å²) in [5, 5.41) is 4.01. The van der Waals surface area contributed by atoms with Crippen molar-refractivity contribution in [3.05, 3.63) is 17.8 Å². The van der Waals surface area contributed by atoms with E-state index in [9.17, 15) is 0 Å². The van der Waals surface area contributed by atoms with Gasteiger partial charge in [-0.15, -0.1) is 0 Å². The molecule has 1 aliphatic rings. The predicted molar refractivity (Wildman–Crippen MR) is 37.1 cm³/mol. The monoisotopic (exact) mass is 124 g/mol. The molecule has 2 heteroatoms. The van der Waals surface area contributed by atoms with Gasteiger partial charge < -0.3 is 5.01 Å². The maximum atomic E-state index is 3.16. The minimum absolute atomic E-state index is 1.22. The second kappa shape index (κ2) is 2.03. The van der Waals surface area contributed by atoms with Gasteiger partial charge in [-0.2, -0.15) is 0 Å². The molecular weight excluding hydrogens is 112 g/mol. The first kappa shape index (κ1) is 6.62. The maximum absolute atomic E-state index is 3.16. The molecule has 0 saturated heterocycles. The van der Waals surface area contributed by atoms with Crippen LogP contribution in [0.5, 0.6) is 0 Å². The summed E-state index contributed by atoms with van der Waals surface area (Å²) >= 11 is 0. The summed E-state index contributed by atoms with van der Waals surface area (Å²) in [6.45, 7) is 7.31. The molecule has 1 heterocycles. The van der Waals surface area contributed by atoms with Crippen molar-refractivity contribution in [1.82, 2.24) is 10.0 Å². The molecule has 0 amide bonds. The highest BCUT2D eigenvalue weighted by Crippen LogP contribution is 2.21. The fraction of sp³-hybridized carbons (Fsp3) is 0.571. The van der Waals surface area contributed by atoms with Gasteiger partial charge in [0.2, 0.25) is 0 Å². The smallest absolute Gasteiger partial charge is 0.115 e. The number of allylic oxidation sites excluding steroid dienone is 1. The van der Waals surface area contributed by atoms with Gasteiger partial charge in [-0.3, -0.25) is 0 Å². The van der Waals surface area contributed by atoms with E-state index in [0.29, 0.717) is 0 Å². The number of likely N-dealkylation sites (N-methyl/N-ethyl adjacent to an activating group) is 1. The molecule has 0 unspecified atom stereocenters. The summed E-state index contributed by atoms with van der Waals surface area (Å²) in [4.78, 5) is 0. The van der Waals surface area contributed by atoms with Crippen molar-refractivity contribution in [3.63, 3.8) is 0 Å². The maximum Gasteiger partial charge on any atom is 0.115 e. The third kappa shape index (κ3) is 0.944. The van der Waals surface area contributed by atoms with Crippen molar-refractivity contribution in [3.8, 4) is 0 Å². The van der Waals surface area contributed by atoms with Crippen LogP contribution in [0.25, 0.3) is 0 Å². The molecule has 0 aromatic rings. The molecule has 0 bridgehead atoms. The number of rotatable bonds is 0. The lowest BCUT2D eigenvalue weighted by atomic mass is 10.3. The zero-order valence-corrected chi connectivity index (χ0v) is 6.39. The molecule has 2 nitrogen and oxygen atoms in total. The Morgan fingerprint density at radius 2 is 1.78 bits per heavy atom. The number of hydrogen-bond acceptors (Lipinski definition) is 2. The fourth-order valence-corrected chi connectivity index (χ4v) is 0.866. The summed E-state index contributed by atoms with van der Waals surface area (Å²) in [5.41, 5.74) is 2.50. The molecule has 50 valence electrons. The largest absolute Gasteiger partial charge is 0.313 e. The van der Waals surface area contributed by atoms with E-state index in [4.69, 9.17) is 0 Å². The Balaban J connectivity index is 2.74. The van der Waals surface area contributed by atoms with Gasteiger partial charge in [0.1, 0.15) is 6.54 Å². The van der Waals surface area contributed by atoms with Crippen LogP contribution in [0.15, 0.2) is 11.3 Å². The highest BCUT2D eigenvalue weighted by Gasteiger charge is 2.17. The number of nitrogens with zero attached hydrogens (tertiary/aromatic N) is 2. The van der Waals surface area contributed by atoms with Crippen LogP contribution >= 0.6 is 0 Å². The number of hydrazine groups is 1. The summed E-state index contributed by atoms with van der Waals surface area (Å²) in [7, 11) is 4.01. The minimum atomic E-state index is 1.22. The van der Waals surface area contributed by atoms with Crippen LogP contribution in [0.1, 0.15) is 13.8 Å². The van der Waals surface area contributed by atoms with Gasteiger partial charge in [0, 0.05) is 19.8 Å². The highest BCUT2D eigenvalue weighted by atomic mass is 15.6. The molecule has 1 rings (SSSR count). The van der Waals surface area contributed by atoms with Gasteiger partial charge in [-0.1, -0.05) is 0 Å². The zero-order chi connectivity index (χ0) is 7.02. The van der Waals surface area contributed by atoms with Gasteiger partial charge in [-0.05, 0) is 19.4 Å². The van der Waals surface area contributed by atoms with Crippen molar-refractivity contribution in [2.45, 2.75) is 13.8 Å². The predicted octanol–water partition coefficient (Wildman–Crippen LogP) is 1.11. The van der Waals surface area contributed by atoms with Gasteiger partial charge in [-0.25, -0.2) is 5.01 Å². The normalized spacial score (nSPS) is 22.0. The first-order valence-corrected chi connectivity index (χ1v) is 3.04. The van der Waals surface area contributed by atoms with Gasteiger partial charge in [0.25, 0.3) is 0 Å². The average Bonchev–Trinajstić information content (AvgIpc) is 1.98. The van der Waals surface area contributed by atoms with E-state index in [-0.39, 0.29) is 0 Å². The molecule has 0 aromatic carbocycles. The van der Waals surface area contributed by atoms with E-state index in [1.165, 1.54) is 11.3 Å². The summed E-state index contributed by atoms with van der Waals surface area (Å²) in [5.74, 6) is 0. The lowest BCUT2D eigenvalue weighted by molar-refractivity contribution is 0.129. The zero-order valence-electron chi connectivity index (χ0n) is 6.39. The summed E-state index contributed by atoms with van der Waals surface area (Å²) < 4.78 is 0. The van der Waals surface area contributed by atoms with Crippen molar-refractivity contribution in [2.75, 3.05) is 14.1 Å². The number of hydrogen-bond donors (Lipinski definition) is 0. The first-order valence-electron chi connectivity index (χ1n) is 3.04. The first-order chi connectivity index (χ1) is 4.13. The van der Waals surface area contributed by atoms with Gasteiger partial charge in [0.15, 0.2) is 0 Å². The van der Waals surface area contributed by atoms with E-state index in [1.54, 1.807) is 0 Å². The van der Waals surface area contributed by atoms with Crippen LogP contribution < -0.4 is 0 Å². The standard InChI is InChI=1S/C7H12N2/c1-6-5-8(3)9(4)7(6)2/h1-4H3. The molecule has 0 saturated carbocycles. The van der Waals surface area contributed by atoms with E-state index in [0.717, 1.165) is 0 Å². The van der Waals surface area contributed by atoms with E-state index in [1.807, 2.05) is 19.1 Å². The van der Waals surface area contributed by atoms with E-state index in [2.05, 4.69) is 25.4 Å². The molecule has 0 aromatic heterocycles. The Morgan fingerprint density at radius 3 is 1.89 bits per heavy atom. The highest BCUT2D eigenvalue weighted by molar-refractivity contribution is 5.20. The van der Waals surface area contributed by atoms with Crippen LogP contribution in [0.3, 0.4) is 0 Å². The summed E-state index contributed by atoms with van der Waals surface area (Å²) in [6, 6.07) is 0. The summed E-state index contributed by atoms with van der Waals surface area (Å²) in [6.07, 6.45) is 0. The Hall–Kier alpha value is -0.500. The Morgan fingerprint density at radius 1 is 1.22 bits per heavy atom. The van der Waals surface area contributed by atoms with Crippen LogP contribution in [0.4, 0.5) is 0 Å². The van der Waals surface area contributed by atoms with Gasteiger partial charge in [0.05, 0.1) is 0 Å². The van der Waals surface area contributed by atoms with Crippen LogP contribution in [-0.4, -0.2) is 24.1 Å². The van der Waals surface area contributed by atoms with Crippen LogP contribution in [0, 0.1) is 6.54 Å². The minimum Gasteiger partial charge on any atom is -0.313 e. The molecule has 1 aliphatic heterocycles.